The second kappa shape index (κ2) is 3.26. The SMILES string of the molecule is C/C(N=O)=C1/N(O)C(C)(C)N([O])C1(C)C. The van der Waals surface area contributed by atoms with Gasteiger partial charge >= 0.3 is 0 Å². The van der Waals surface area contributed by atoms with E-state index in [1.807, 2.05) is 0 Å². The Hall–Kier alpha value is -0.980. The molecule has 1 saturated heterocycles. The Morgan fingerprint density at radius 1 is 1.33 bits per heavy atom. The number of hydrogen-bond acceptors (Lipinski definition) is 5. The summed E-state index contributed by atoms with van der Waals surface area (Å²) < 4.78 is 0. The van der Waals surface area contributed by atoms with Gasteiger partial charge in [-0.1, -0.05) is 0 Å². The molecule has 85 valence electrons. The molecule has 0 unspecified atom stereocenters. The second-order valence-electron chi connectivity index (χ2n) is 4.68. The number of allylic oxidation sites excluding steroid dienone is 1. The van der Waals surface area contributed by atoms with Gasteiger partial charge in [0.05, 0.1) is 11.2 Å². The number of hydroxylamine groups is 4. The van der Waals surface area contributed by atoms with Gasteiger partial charge in [-0.15, -0.1) is 15.2 Å². The predicted octanol–water partition coefficient (Wildman–Crippen LogP) is 1.85. The molecule has 0 aromatic rings. The number of hydrogen-bond donors (Lipinski definition) is 1. The van der Waals surface area contributed by atoms with Crippen LogP contribution in [0.2, 0.25) is 0 Å². The van der Waals surface area contributed by atoms with E-state index in [1.54, 1.807) is 27.7 Å². The third-order valence-corrected chi connectivity index (χ3v) is 2.79. The summed E-state index contributed by atoms with van der Waals surface area (Å²) in [5, 5.41) is 26.1. The van der Waals surface area contributed by atoms with Gasteiger partial charge in [-0.3, -0.25) is 5.21 Å². The minimum Gasteiger partial charge on any atom is -0.287 e. The second-order valence-corrected chi connectivity index (χ2v) is 4.68. The Labute approximate surface area is 88.7 Å². The molecule has 1 aliphatic heterocycles. The quantitative estimate of drug-likeness (QED) is 0.676. The Kier molecular flexibility index (Phi) is 2.63. The predicted molar refractivity (Wildman–Crippen MR) is 52.8 cm³/mol. The molecule has 1 heterocycles. The summed E-state index contributed by atoms with van der Waals surface area (Å²) >= 11 is 0. The Balaban J connectivity index is 3.38. The standard InChI is InChI=1S/C9H16N3O3/c1-6(10-13)7-8(2,3)12(15)9(4,5)11(7)14/h14H,1-5H3/b7-6-. The van der Waals surface area contributed by atoms with Crippen LogP contribution in [-0.4, -0.2) is 26.5 Å². The van der Waals surface area contributed by atoms with Gasteiger partial charge in [0, 0.05) is 0 Å². The fraction of sp³-hybridized carbons (Fsp3) is 0.778. The van der Waals surface area contributed by atoms with Crippen molar-refractivity contribution in [3.63, 3.8) is 0 Å². The van der Waals surface area contributed by atoms with Gasteiger partial charge in [0.2, 0.25) is 0 Å². The van der Waals surface area contributed by atoms with Crippen LogP contribution in [0, 0.1) is 4.91 Å². The molecule has 0 aromatic carbocycles. The van der Waals surface area contributed by atoms with Crippen LogP contribution < -0.4 is 0 Å². The largest absolute Gasteiger partial charge is 0.287 e. The monoisotopic (exact) mass is 214 g/mol. The summed E-state index contributed by atoms with van der Waals surface area (Å²) in [5.74, 6) is 0. The number of nitroso groups, excluding NO2 is 1. The van der Waals surface area contributed by atoms with E-state index in [-0.39, 0.29) is 11.4 Å². The first-order valence-electron chi connectivity index (χ1n) is 4.68. The minimum atomic E-state index is -1.09. The van der Waals surface area contributed by atoms with Crippen LogP contribution in [0.4, 0.5) is 0 Å². The van der Waals surface area contributed by atoms with Crippen molar-refractivity contribution in [2.45, 2.75) is 45.8 Å². The normalized spacial score (nSPS) is 28.1. The van der Waals surface area contributed by atoms with E-state index in [0.717, 1.165) is 10.1 Å². The smallest absolute Gasteiger partial charge is 0.140 e. The van der Waals surface area contributed by atoms with Crippen LogP contribution >= 0.6 is 0 Å². The Morgan fingerprint density at radius 3 is 2.07 bits per heavy atom. The van der Waals surface area contributed by atoms with E-state index in [9.17, 15) is 15.3 Å². The Bertz CT molecular complexity index is 323. The van der Waals surface area contributed by atoms with E-state index in [1.165, 1.54) is 6.92 Å². The molecule has 1 radical (unpaired) electrons. The summed E-state index contributed by atoms with van der Waals surface area (Å²) in [7, 11) is 0. The molecule has 6 heteroatoms. The van der Waals surface area contributed by atoms with E-state index in [4.69, 9.17) is 0 Å². The van der Waals surface area contributed by atoms with Crippen molar-refractivity contribution in [1.82, 2.24) is 10.1 Å². The fourth-order valence-electron chi connectivity index (χ4n) is 2.04. The maximum Gasteiger partial charge on any atom is 0.140 e. The lowest BCUT2D eigenvalue weighted by Crippen LogP contribution is -2.48. The van der Waals surface area contributed by atoms with Gasteiger partial charge in [-0.25, -0.2) is 5.06 Å². The molecule has 15 heavy (non-hydrogen) atoms. The zero-order valence-electron chi connectivity index (χ0n) is 9.61. The van der Waals surface area contributed by atoms with E-state index in [0.29, 0.717) is 0 Å². The summed E-state index contributed by atoms with van der Waals surface area (Å²) in [6, 6.07) is 0. The van der Waals surface area contributed by atoms with Gasteiger partial charge in [0.15, 0.2) is 0 Å². The highest BCUT2D eigenvalue weighted by Crippen LogP contribution is 2.43. The van der Waals surface area contributed by atoms with Crippen molar-refractivity contribution in [1.29, 1.82) is 0 Å². The number of nitrogens with zero attached hydrogens (tertiary/aromatic N) is 3. The van der Waals surface area contributed by atoms with Crippen LogP contribution in [0.1, 0.15) is 34.6 Å². The molecular weight excluding hydrogens is 198 g/mol. The van der Waals surface area contributed by atoms with Gasteiger partial charge in [-0.2, -0.15) is 0 Å². The summed E-state index contributed by atoms with van der Waals surface area (Å²) in [6.45, 7) is 7.91. The van der Waals surface area contributed by atoms with Crippen LogP contribution in [-0.2, 0) is 5.21 Å². The zero-order chi connectivity index (χ0) is 12.0. The molecule has 0 aromatic heterocycles. The first-order chi connectivity index (χ1) is 6.67. The molecule has 1 aliphatic rings. The zero-order valence-corrected chi connectivity index (χ0v) is 9.61. The highest BCUT2D eigenvalue weighted by Gasteiger charge is 2.55. The van der Waals surface area contributed by atoms with Crippen molar-refractivity contribution >= 4 is 0 Å². The van der Waals surface area contributed by atoms with Crippen LogP contribution in [0.3, 0.4) is 0 Å². The fourth-order valence-corrected chi connectivity index (χ4v) is 2.04. The molecule has 0 amide bonds. The first kappa shape index (κ1) is 12.1. The Morgan fingerprint density at radius 2 is 1.80 bits per heavy atom. The molecule has 0 spiro atoms. The average molecular weight is 214 g/mol. The van der Waals surface area contributed by atoms with Crippen LogP contribution in [0.15, 0.2) is 16.6 Å². The van der Waals surface area contributed by atoms with Gasteiger partial charge in [-0.05, 0) is 39.8 Å². The van der Waals surface area contributed by atoms with E-state index >= 15 is 0 Å². The maximum absolute atomic E-state index is 11.9. The van der Waals surface area contributed by atoms with Gasteiger partial charge in [0.25, 0.3) is 0 Å². The third-order valence-electron chi connectivity index (χ3n) is 2.79. The minimum absolute atomic E-state index is 0.119. The lowest BCUT2D eigenvalue weighted by Gasteiger charge is -2.30. The van der Waals surface area contributed by atoms with Crippen molar-refractivity contribution < 1.29 is 10.4 Å². The van der Waals surface area contributed by atoms with Crippen molar-refractivity contribution in [2.75, 3.05) is 0 Å². The summed E-state index contributed by atoms with van der Waals surface area (Å²) in [4.78, 5) is 10.5. The first-order valence-corrected chi connectivity index (χ1v) is 4.68. The lowest BCUT2D eigenvalue weighted by atomic mass is 10.0. The molecule has 0 saturated carbocycles. The highest BCUT2D eigenvalue weighted by atomic mass is 16.6. The van der Waals surface area contributed by atoms with Crippen molar-refractivity contribution in [2.24, 2.45) is 5.18 Å². The molecular formula is C9H16N3O3. The van der Waals surface area contributed by atoms with Crippen molar-refractivity contribution in [3.05, 3.63) is 16.3 Å². The molecule has 0 atom stereocenters. The third kappa shape index (κ3) is 1.45. The molecule has 1 fully saturated rings. The number of rotatable bonds is 1. The van der Waals surface area contributed by atoms with Gasteiger partial charge < -0.3 is 0 Å². The lowest BCUT2D eigenvalue weighted by molar-refractivity contribution is -0.290. The molecule has 1 N–H and O–H groups in total. The van der Waals surface area contributed by atoms with E-state index in [2.05, 4.69) is 5.18 Å². The van der Waals surface area contributed by atoms with E-state index < -0.39 is 11.2 Å². The molecule has 1 rings (SSSR count). The van der Waals surface area contributed by atoms with Gasteiger partial charge in [0.1, 0.15) is 11.4 Å². The van der Waals surface area contributed by atoms with Crippen LogP contribution in [0.5, 0.6) is 0 Å². The van der Waals surface area contributed by atoms with Crippen LogP contribution in [0.25, 0.3) is 0 Å². The summed E-state index contributed by atoms with van der Waals surface area (Å²) in [5.41, 5.74) is -1.69. The average Bonchev–Trinajstić information content (AvgIpc) is 2.25. The highest BCUT2D eigenvalue weighted by molar-refractivity contribution is 5.26. The summed E-state index contributed by atoms with van der Waals surface area (Å²) in [6.07, 6.45) is 0. The topological polar surface area (TPSA) is 76.0 Å². The molecule has 0 aliphatic carbocycles. The molecule has 6 nitrogen and oxygen atoms in total. The maximum atomic E-state index is 11.9. The van der Waals surface area contributed by atoms with Crippen molar-refractivity contribution in [3.8, 4) is 0 Å². The molecule has 0 bridgehead atoms.